The van der Waals surface area contributed by atoms with E-state index in [-0.39, 0.29) is 57.0 Å². The summed E-state index contributed by atoms with van der Waals surface area (Å²) in [5.74, 6) is -5.42. The molecule has 3 saturated heterocycles. The second kappa shape index (κ2) is 43.8. The van der Waals surface area contributed by atoms with E-state index in [2.05, 4.69) is 59.8 Å². The molecule has 524 valence electrons. The van der Waals surface area contributed by atoms with Crippen molar-refractivity contribution in [1.82, 2.24) is 55.4 Å². The van der Waals surface area contributed by atoms with E-state index >= 15 is 0 Å². The molecule has 3 amide bonds. The van der Waals surface area contributed by atoms with Crippen molar-refractivity contribution in [3.05, 3.63) is 41.2 Å². The molecular formula is C63H99N13O18. The third-order valence-corrected chi connectivity index (χ3v) is 17.1. The summed E-state index contributed by atoms with van der Waals surface area (Å²) in [6.07, 6.45) is 13.5. The Balaban J connectivity index is 0.00000615. The smallest absolute Gasteiger partial charge is 0.373 e. The molecule has 0 radical (unpaired) electrons. The van der Waals surface area contributed by atoms with Gasteiger partial charge in [0, 0.05) is 123 Å². The van der Waals surface area contributed by atoms with Gasteiger partial charge in [0.1, 0.15) is 17.9 Å². The average Bonchev–Trinajstić information content (AvgIpc) is 0.867. The number of benzene rings is 1. The molecule has 4 heterocycles. The van der Waals surface area contributed by atoms with E-state index in [0.29, 0.717) is 115 Å². The number of nitrogens with one attached hydrogen (secondary N) is 3. The van der Waals surface area contributed by atoms with Gasteiger partial charge in [-0.1, -0.05) is 62.8 Å². The summed E-state index contributed by atoms with van der Waals surface area (Å²) in [6, 6.07) is 4.15. The van der Waals surface area contributed by atoms with E-state index in [9.17, 15) is 73.8 Å². The van der Waals surface area contributed by atoms with Gasteiger partial charge in [-0.15, -0.1) is 0 Å². The largest absolute Gasteiger partial charge is 0.481 e. The lowest BCUT2D eigenvalue weighted by molar-refractivity contribution is -0.192. The highest BCUT2D eigenvalue weighted by Gasteiger charge is 2.29. The number of piperidine rings is 1. The van der Waals surface area contributed by atoms with Crippen molar-refractivity contribution in [2.24, 2.45) is 5.92 Å². The highest BCUT2D eigenvalue weighted by molar-refractivity contribution is 5.86. The molecule has 0 aliphatic carbocycles. The number of carbonyl (C=O) groups excluding carboxylic acids is 4. The Hall–Kier alpha value is -7.96. The van der Waals surface area contributed by atoms with Crippen LogP contribution in [0.25, 0.3) is 0 Å². The van der Waals surface area contributed by atoms with Gasteiger partial charge >= 0.3 is 54.0 Å². The SMILES string of the molecule is CN1CCN(CC(=O)O)CCN(CC(=O)O)CCN(CC(=O)O)C(Cc2ccc(Cc3nc(N4CCC(CCCC(=O)O)CC4)nc(N4CCN(CCCCCCCCCCC(=O)NCCCC[C@H](NC(=O)N[C@@H](CCC(=O)O)C(=O)O)C(=O)O)CC4)n3)cc2)C1.O=C=O. The number of rotatable bonds is 39. The fourth-order valence-corrected chi connectivity index (χ4v) is 11.9. The quantitative estimate of drug-likeness (QED) is 0.0429. The Kier molecular flexibility index (Phi) is 36.6. The molecule has 0 saturated carbocycles. The molecule has 3 atom stereocenters. The molecule has 31 nitrogen and oxygen atoms in total. The zero-order valence-corrected chi connectivity index (χ0v) is 54.3. The lowest BCUT2D eigenvalue weighted by atomic mass is 9.92. The first-order valence-corrected chi connectivity index (χ1v) is 32.8. The molecule has 2 aromatic rings. The number of hydrogen-bond acceptors (Lipinski definition) is 21. The van der Waals surface area contributed by atoms with Crippen LogP contribution in [0, 0.1) is 5.92 Å². The summed E-state index contributed by atoms with van der Waals surface area (Å²) in [5, 5.41) is 73.3. The van der Waals surface area contributed by atoms with Gasteiger partial charge in [-0.3, -0.25) is 48.4 Å². The van der Waals surface area contributed by atoms with Crippen molar-refractivity contribution in [3.8, 4) is 0 Å². The van der Waals surface area contributed by atoms with Crippen molar-refractivity contribution in [2.75, 3.05) is 135 Å². The van der Waals surface area contributed by atoms with E-state index in [1.807, 2.05) is 11.9 Å². The highest BCUT2D eigenvalue weighted by atomic mass is 16.4. The molecule has 0 bridgehead atoms. The normalized spacial score (nSPS) is 17.4. The number of likely N-dealkylation sites (N-methyl/N-ethyl adjacent to an activating group) is 1. The Labute approximate surface area is 548 Å². The Morgan fingerprint density at radius 3 is 1.57 bits per heavy atom. The first-order chi connectivity index (χ1) is 45.0. The summed E-state index contributed by atoms with van der Waals surface area (Å²) in [6.45, 7) is 8.28. The molecular weight excluding hydrogens is 1230 g/mol. The molecule has 3 aliphatic rings. The minimum absolute atomic E-state index is 0.0506. The predicted molar refractivity (Wildman–Crippen MR) is 341 cm³/mol. The van der Waals surface area contributed by atoms with Crippen LogP contribution in [-0.4, -0.2) is 278 Å². The standard InChI is InChI=1S/C62H99N13O16.CO2/c1-69-29-30-71(42-55(81)82)31-32-72(43-56(83)84)35-38-75(44-57(85)86)48(41-69)39-46-17-19-47(20-18-46)40-51-66-60(73-27-23-45(24-28-73)13-12-16-53(77)78)68-61(67-51)74-36-33-70(34-37-74)26-11-7-5-3-2-4-6-8-15-52(76)63-25-10-9-14-49(58(87)88)64-62(91)65-50(59(89)90)21-22-54(79)80;2-1-3/h17-20,45,48-50H,2-16,21-44H2,1H3,(H,63,76)(H,77,78)(H,79,80)(H,81,82)(H,83,84)(H,85,86)(H,87,88)(H,89,90)(H2,64,65,91);/t48?,49-,50-;/m0./s1. The molecule has 3 aliphatic heterocycles. The monoisotopic (exact) mass is 1330 g/mol. The van der Waals surface area contributed by atoms with Gasteiger partial charge in [0.25, 0.3) is 0 Å². The van der Waals surface area contributed by atoms with Crippen LogP contribution < -0.4 is 25.8 Å². The zero-order valence-electron chi connectivity index (χ0n) is 54.3. The van der Waals surface area contributed by atoms with Gasteiger partial charge in [-0.25, -0.2) is 14.4 Å². The van der Waals surface area contributed by atoms with Crippen molar-refractivity contribution < 1.29 is 88.5 Å². The fourth-order valence-electron chi connectivity index (χ4n) is 11.9. The number of carboxylic acids is 7. The average molecular weight is 1330 g/mol. The minimum atomic E-state index is -1.49. The molecule has 94 heavy (non-hydrogen) atoms. The maximum absolute atomic E-state index is 12.4. The Bertz CT molecular complexity index is 2730. The molecule has 1 aromatic heterocycles. The number of carbonyl (C=O) groups is 9. The maximum Gasteiger partial charge on any atom is 0.373 e. The lowest BCUT2D eigenvalue weighted by Crippen LogP contribution is -2.52. The first-order valence-electron chi connectivity index (χ1n) is 32.8. The zero-order chi connectivity index (χ0) is 68.8. The number of aromatic nitrogens is 3. The number of amides is 3. The summed E-state index contributed by atoms with van der Waals surface area (Å²) < 4.78 is 0. The summed E-state index contributed by atoms with van der Waals surface area (Å²) >= 11 is 0. The van der Waals surface area contributed by atoms with Gasteiger partial charge in [0.15, 0.2) is 0 Å². The van der Waals surface area contributed by atoms with Gasteiger partial charge in [0.2, 0.25) is 17.8 Å². The van der Waals surface area contributed by atoms with Crippen LogP contribution in [0.3, 0.4) is 0 Å². The summed E-state index contributed by atoms with van der Waals surface area (Å²) in [5.41, 5.74) is 1.99. The molecule has 5 rings (SSSR count). The Morgan fingerprint density at radius 1 is 0.521 bits per heavy atom. The van der Waals surface area contributed by atoms with Crippen molar-refractivity contribution in [3.63, 3.8) is 0 Å². The number of anilines is 2. The first kappa shape index (κ1) is 78.5. The predicted octanol–water partition coefficient (Wildman–Crippen LogP) is 2.36. The number of aliphatic carboxylic acids is 7. The van der Waals surface area contributed by atoms with E-state index in [0.717, 1.165) is 128 Å². The number of unbranched alkanes of at least 4 members (excludes halogenated alkanes) is 8. The molecule has 31 heteroatoms. The number of nitrogens with zero attached hydrogens (tertiary/aromatic N) is 10. The van der Waals surface area contributed by atoms with Crippen LogP contribution in [-0.2, 0) is 60.8 Å². The van der Waals surface area contributed by atoms with Gasteiger partial charge < -0.3 is 66.4 Å². The molecule has 0 spiro atoms. The number of hydrogen-bond donors (Lipinski definition) is 10. The second-order valence-electron chi connectivity index (χ2n) is 24.6. The highest BCUT2D eigenvalue weighted by Crippen LogP contribution is 2.27. The fraction of sp³-hybridized carbons (Fsp3) is 0.698. The Morgan fingerprint density at radius 2 is 1.02 bits per heavy atom. The van der Waals surface area contributed by atoms with Crippen LogP contribution in [0.1, 0.15) is 139 Å². The summed E-state index contributed by atoms with van der Waals surface area (Å²) in [4.78, 5) is 151. The van der Waals surface area contributed by atoms with Crippen LogP contribution in [0.5, 0.6) is 0 Å². The topological polar surface area (TPSA) is 427 Å². The van der Waals surface area contributed by atoms with Crippen LogP contribution in [0.4, 0.5) is 16.7 Å². The maximum atomic E-state index is 12.4. The van der Waals surface area contributed by atoms with E-state index in [1.165, 1.54) is 0 Å². The molecule has 3 fully saturated rings. The lowest BCUT2D eigenvalue weighted by Gasteiger charge is -2.37. The molecule has 1 aromatic carbocycles. The number of urea groups is 1. The molecule has 1 unspecified atom stereocenters. The minimum Gasteiger partial charge on any atom is -0.481 e. The van der Waals surface area contributed by atoms with Gasteiger partial charge in [-0.05, 0) is 101 Å². The van der Waals surface area contributed by atoms with Gasteiger partial charge in [-0.2, -0.15) is 24.5 Å². The van der Waals surface area contributed by atoms with Crippen LogP contribution >= 0.6 is 0 Å². The van der Waals surface area contributed by atoms with Crippen LogP contribution in [0.2, 0.25) is 0 Å². The van der Waals surface area contributed by atoms with Crippen molar-refractivity contribution in [2.45, 2.75) is 153 Å². The van der Waals surface area contributed by atoms with E-state index in [4.69, 9.17) is 29.6 Å². The van der Waals surface area contributed by atoms with Crippen molar-refractivity contribution in [1.29, 1.82) is 0 Å². The molecule has 10 N–H and O–H groups in total. The van der Waals surface area contributed by atoms with Gasteiger partial charge in [0.05, 0.1) is 19.6 Å². The third kappa shape index (κ3) is 32.7. The van der Waals surface area contributed by atoms with E-state index < -0.39 is 66.3 Å². The number of carboxylic acid groups (broad SMARTS) is 7. The van der Waals surface area contributed by atoms with Crippen LogP contribution in [0.15, 0.2) is 24.3 Å². The summed E-state index contributed by atoms with van der Waals surface area (Å²) in [7, 11) is 1.95. The van der Waals surface area contributed by atoms with Crippen molar-refractivity contribution >= 4 is 71.8 Å². The number of piperazine rings is 1. The van der Waals surface area contributed by atoms with E-state index in [1.54, 1.807) is 9.80 Å². The second-order valence-corrected chi connectivity index (χ2v) is 24.6. The third-order valence-electron chi connectivity index (χ3n) is 17.1.